The zero-order chi connectivity index (χ0) is 24.6. The van der Waals surface area contributed by atoms with Gasteiger partial charge in [-0.05, 0) is 42.3 Å². The van der Waals surface area contributed by atoms with E-state index >= 15 is 0 Å². The summed E-state index contributed by atoms with van der Waals surface area (Å²) >= 11 is 1.27. The molecule has 1 N–H and O–H groups in total. The van der Waals surface area contributed by atoms with Crippen LogP contribution in [-0.2, 0) is 6.42 Å². The smallest absolute Gasteiger partial charge is 0.394 e. The van der Waals surface area contributed by atoms with Crippen molar-refractivity contribution in [2.45, 2.75) is 12.6 Å². The highest BCUT2D eigenvalue weighted by Gasteiger charge is 2.46. The number of alkyl halides is 3. The van der Waals surface area contributed by atoms with Gasteiger partial charge in [-0.25, -0.2) is 0 Å². The molecule has 0 saturated carbocycles. The molecule has 35 heavy (non-hydrogen) atoms. The Morgan fingerprint density at radius 3 is 2.43 bits per heavy atom. The minimum Gasteiger partial charge on any atom is -0.508 e. The number of hydrogen-bond acceptors (Lipinski definition) is 5. The van der Waals surface area contributed by atoms with Crippen molar-refractivity contribution in [3.63, 3.8) is 0 Å². The Kier molecular flexibility index (Phi) is 6.25. The number of phenols is 1. The first-order valence-electron chi connectivity index (χ1n) is 11.2. The third-order valence-electron chi connectivity index (χ3n) is 6.15. The lowest BCUT2D eigenvalue weighted by atomic mass is 9.99. The van der Waals surface area contributed by atoms with Crippen LogP contribution in [0, 0.1) is 5.92 Å². The summed E-state index contributed by atoms with van der Waals surface area (Å²) in [5, 5.41) is 10.6. The molecule has 4 nitrogen and oxygen atoms in total. The number of phenolic OH excluding ortho intramolecular Hbond substituents is 1. The molecule has 5 rings (SSSR count). The van der Waals surface area contributed by atoms with Crippen molar-refractivity contribution in [3.8, 4) is 17.2 Å². The monoisotopic (exact) mass is 497 g/mol. The predicted molar refractivity (Wildman–Crippen MR) is 130 cm³/mol. The molecule has 1 fully saturated rings. The molecule has 0 bridgehead atoms. The summed E-state index contributed by atoms with van der Waals surface area (Å²) in [7, 11) is 0. The van der Waals surface area contributed by atoms with E-state index in [0.29, 0.717) is 34.9 Å². The average Bonchev–Trinajstić information content (AvgIpc) is 3.15. The lowest BCUT2D eigenvalue weighted by molar-refractivity contribution is -0.208. The van der Waals surface area contributed by atoms with Crippen molar-refractivity contribution in [2.24, 2.45) is 5.92 Å². The van der Waals surface area contributed by atoms with E-state index in [1.807, 2.05) is 18.2 Å². The molecule has 1 saturated heterocycles. The van der Waals surface area contributed by atoms with Gasteiger partial charge in [0.1, 0.15) is 16.4 Å². The number of carbonyl (C=O) groups excluding carboxylic acids is 1. The summed E-state index contributed by atoms with van der Waals surface area (Å²) in [4.78, 5) is 15.5. The number of likely N-dealkylation sites (tertiary alicyclic amines) is 1. The van der Waals surface area contributed by atoms with Crippen molar-refractivity contribution in [1.29, 1.82) is 0 Å². The van der Waals surface area contributed by atoms with E-state index < -0.39 is 12.1 Å². The molecular weight excluding hydrogens is 475 g/mol. The maximum absolute atomic E-state index is 13.2. The van der Waals surface area contributed by atoms with Crippen LogP contribution in [0.15, 0.2) is 72.8 Å². The Morgan fingerprint density at radius 2 is 1.74 bits per heavy atom. The summed E-state index contributed by atoms with van der Waals surface area (Å²) in [6.45, 7) is 0.689. The number of ether oxygens (including phenoxy) is 1. The summed E-state index contributed by atoms with van der Waals surface area (Å²) in [5.41, 5.74) is 1.54. The Hall–Kier alpha value is -3.36. The van der Waals surface area contributed by atoms with E-state index in [9.17, 15) is 23.1 Å². The van der Waals surface area contributed by atoms with Crippen LogP contribution in [0.1, 0.15) is 20.8 Å². The number of nitrogens with zero attached hydrogens (tertiary/aromatic N) is 1. The average molecular weight is 498 g/mol. The molecule has 0 amide bonds. The van der Waals surface area contributed by atoms with Gasteiger partial charge in [0.05, 0.1) is 5.92 Å². The van der Waals surface area contributed by atoms with E-state index in [1.54, 1.807) is 59.5 Å². The number of benzene rings is 3. The molecule has 8 heteroatoms. The van der Waals surface area contributed by atoms with Crippen molar-refractivity contribution < 1.29 is 27.8 Å². The molecule has 4 aromatic rings. The highest BCUT2D eigenvalue weighted by Crippen LogP contribution is 2.42. The summed E-state index contributed by atoms with van der Waals surface area (Å²) in [5.74, 6) is -0.287. The van der Waals surface area contributed by atoms with E-state index in [2.05, 4.69) is 0 Å². The Morgan fingerprint density at radius 1 is 1.03 bits per heavy atom. The lowest BCUT2D eigenvalue weighted by Crippen LogP contribution is -2.53. The Bertz CT molecular complexity index is 1340. The standard InChI is InChI=1S/C27H22F3NO3S/c28-27(29,30)19-15-31(16-19)13-12-17-6-9-21(10-7-17)34-25-22-11-8-20(32)14-23(22)35-26(25)24(33)18-4-2-1-3-5-18/h1-11,14,19,32H,12-13,15-16H2. The van der Waals surface area contributed by atoms with Crippen LogP contribution in [0.25, 0.3) is 10.1 Å². The fourth-order valence-corrected chi connectivity index (χ4v) is 5.25. The molecule has 0 aliphatic carbocycles. The highest BCUT2D eigenvalue weighted by atomic mass is 32.1. The molecule has 180 valence electrons. The van der Waals surface area contributed by atoms with Crippen LogP contribution in [0.5, 0.6) is 17.2 Å². The topological polar surface area (TPSA) is 49.8 Å². The first-order valence-corrected chi connectivity index (χ1v) is 12.0. The van der Waals surface area contributed by atoms with Gasteiger partial charge in [-0.1, -0.05) is 42.5 Å². The van der Waals surface area contributed by atoms with E-state index in [4.69, 9.17) is 4.74 Å². The fraction of sp³-hybridized carbons (Fsp3) is 0.222. The minimum absolute atomic E-state index is 0.0592. The number of hydrogen-bond donors (Lipinski definition) is 1. The molecule has 2 heterocycles. The van der Waals surface area contributed by atoms with Crippen LogP contribution in [0.3, 0.4) is 0 Å². The largest absolute Gasteiger partial charge is 0.508 e. The number of aromatic hydroxyl groups is 1. The second-order valence-corrected chi connectivity index (χ2v) is 9.68. The fourth-order valence-electron chi connectivity index (χ4n) is 4.12. The summed E-state index contributed by atoms with van der Waals surface area (Å²) < 4.78 is 44.9. The van der Waals surface area contributed by atoms with Crippen LogP contribution in [0.2, 0.25) is 0 Å². The van der Waals surface area contributed by atoms with Gasteiger partial charge in [0.2, 0.25) is 5.78 Å². The third kappa shape index (κ3) is 5.04. The quantitative estimate of drug-likeness (QED) is 0.290. The van der Waals surface area contributed by atoms with Crippen molar-refractivity contribution in [1.82, 2.24) is 4.90 Å². The molecule has 3 aromatic carbocycles. The molecule has 0 unspecified atom stereocenters. The van der Waals surface area contributed by atoms with Gasteiger partial charge < -0.3 is 14.7 Å². The number of thiophene rings is 1. The second kappa shape index (κ2) is 9.36. The van der Waals surface area contributed by atoms with E-state index in [-0.39, 0.29) is 24.6 Å². The Labute approximate surface area is 204 Å². The van der Waals surface area contributed by atoms with Gasteiger partial charge in [0.25, 0.3) is 0 Å². The molecule has 0 radical (unpaired) electrons. The van der Waals surface area contributed by atoms with Crippen LogP contribution in [0.4, 0.5) is 13.2 Å². The van der Waals surface area contributed by atoms with Crippen LogP contribution >= 0.6 is 11.3 Å². The Balaban J connectivity index is 1.32. The first kappa shape index (κ1) is 23.4. The van der Waals surface area contributed by atoms with Crippen molar-refractivity contribution >= 4 is 27.2 Å². The van der Waals surface area contributed by atoms with Crippen molar-refractivity contribution in [3.05, 3.63) is 88.8 Å². The normalized spacial score (nSPS) is 14.7. The molecular formula is C27H22F3NO3S. The van der Waals surface area contributed by atoms with Gasteiger partial charge in [0.15, 0.2) is 5.75 Å². The van der Waals surface area contributed by atoms with Crippen LogP contribution in [-0.4, -0.2) is 41.6 Å². The zero-order valence-electron chi connectivity index (χ0n) is 18.6. The maximum atomic E-state index is 13.2. The van der Waals surface area contributed by atoms with Gasteiger partial charge in [-0.15, -0.1) is 11.3 Å². The molecule has 0 spiro atoms. The SMILES string of the molecule is O=C(c1ccccc1)c1sc2cc(O)ccc2c1Oc1ccc(CCN2CC(C(F)(F)F)C2)cc1. The summed E-state index contributed by atoms with van der Waals surface area (Å²) in [6.07, 6.45) is -3.47. The number of ketones is 1. The number of halogens is 3. The van der Waals surface area contributed by atoms with Crippen LogP contribution < -0.4 is 4.74 Å². The third-order valence-corrected chi connectivity index (χ3v) is 7.28. The molecule has 1 aliphatic rings. The van der Waals surface area contributed by atoms with Gasteiger partial charge in [-0.3, -0.25) is 4.79 Å². The van der Waals surface area contributed by atoms with Crippen molar-refractivity contribution in [2.75, 3.05) is 19.6 Å². The number of carbonyl (C=O) groups is 1. The summed E-state index contributed by atoms with van der Waals surface area (Å²) in [6, 6.07) is 21.2. The number of rotatable bonds is 7. The van der Waals surface area contributed by atoms with E-state index in [1.165, 1.54) is 11.3 Å². The van der Waals surface area contributed by atoms with E-state index in [0.717, 1.165) is 15.6 Å². The van der Waals surface area contributed by atoms with Gasteiger partial charge in [-0.2, -0.15) is 13.2 Å². The zero-order valence-corrected chi connectivity index (χ0v) is 19.4. The first-order chi connectivity index (χ1) is 16.8. The van der Waals surface area contributed by atoms with Gasteiger partial charge in [0, 0.05) is 35.3 Å². The minimum atomic E-state index is -4.11. The van der Waals surface area contributed by atoms with Gasteiger partial charge >= 0.3 is 6.18 Å². The lowest BCUT2D eigenvalue weighted by Gasteiger charge is -2.40. The molecule has 0 atom stereocenters. The predicted octanol–water partition coefficient (Wildman–Crippen LogP) is 6.67. The maximum Gasteiger partial charge on any atom is 0.394 e. The molecule has 1 aliphatic heterocycles. The number of fused-ring (bicyclic) bond motifs is 1. The molecule has 1 aromatic heterocycles. The second-order valence-electron chi connectivity index (χ2n) is 8.63. The highest BCUT2D eigenvalue weighted by molar-refractivity contribution is 7.21.